The number of hydrogen-bond acceptors (Lipinski definition) is 2. The van der Waals surface area contributed by atoms with E-state index in [9.17, 15) is 9.18 Å². The van der Waals surface area contributed by atoms with Crippen LogP contribution < -0.4 is 4.90 Å². The van der Waals surface area contributed by atoms with Crippen molar-refractivity contribution in [2.75, 3.05) is 17.3 Å². The minimum Gasteiger partial charge on any atom is -0.508 e. The number of aromatic hydroxyl groups is 1. The SMILES string of the molecule is O=C1CC(CCl)CN1c1ccc(O)cc1F. The number of anilines is 1. The molecule has 0 radical (unpaired) electrons. The quantitative estimate of drug-likeness (QED) is 0.809. The second kappa shape index (κ2) is 4.29. The van der Waals surface area contributed by atoms with Gasteiger partial charge in [0.25, 0.3) is 0 Å². The van der Waals surface area contributed by atoms with Crippen LogP contribution >= 0.6 is 11.6 Å². The van der Waals surface area contributed by atoms with E-state index in [-0.39, 0.29) is 23.3 Å². The third-order valence-electron chi connectivity index (χ3n) is 2.65. The molecule has 1 unspecified atom stereocenters. The summed E-state index contributed by atoms with van der Waals surface area (Å²) in [6, 6.07) is 3.76. The number of hydrogen-bond donors (Lipinski definition) is 1. The highest BCUT2D eigenvalue weighted by Crippen LogP contribution is 2.29. The number of halogens is 2. The van der Waals surface area contributed by atoms with Crippen LogP contribution in [0, 0.1) is 11.7 Å². The maximum absolute atomic E-state index is 13.5. The lowest BCUT2D eigenvalue weighted by Crippen LogP contribution is -2.25. The van der Waals surface area contributed by atoms with Crippen molar-refractivity contribution in [1.82, 2.24) is 0 Å². The lowest BCUT2D eigenvalue weighted by Gasteiger charge is -2.17. The Bertz CT molecular complexity index is 424. The van der Waals surface area contributed by atoms with Gasteiger partial charge in [-0.15, -0.1) is 11.6 Å². The molecule has 16 heavy (non-hydrogen) atoms. The summed E-state index contributed by atoms with van der Waals surface area (Å²) in [6.45, 7) is 0.435. The zero-order valence-electron chi connectivity index (χ0n) is 8.49. The minimum atomic E-state index is -0.594. The van der Waals surface area contributed by atoms with E-state index in [1.165, 1.54) is 17.0 Å². The second-order valence-electron chi connectivity index (χ2n) is 3.86. The molecule has 3 nitrogen and oxygen atoms in total. The lowest BCUT2D eigenvalue weighted by atomic mass is 10.1. The zero-order valence-corrected chi connectivity index (χ0v) is 9.25. The molecule has 0 spiro atoms. The van der Waals surface area contributed by atoms with E-state index >= 15 is 0 Å². The highest BCUT2D eigenvalue weighted by molar-refractivity contribution is 6.18. The maximum atomic E-state index is 13.5. The molecule has 1 amide bonds. The number of alkyl halides is 1. The number of carbonyl (C=O) groups excluding carboxylic acids is 1. The molecule has 0 saturated carbocycles. The van der Waals surface area contributed by atoms with Gasteiger partial charge in [0.15, 0.2) is 5.82 Å². The standard InChI is InChI=1S/C11H11ClFNO2/c12-5-7-3-11(16)14(6-7)10-2-1-8(15)4-9(10)13/h1-2,4,7,15H,3,5-6H2. The van der Waals surface area contributed by atoms with Crippen LogP contribution in [0.1, 0.15) is 6.42 Å². The number of phenolic OH excluding ortho intramolecular Hbond substituents is 1. The number of rotatable bonds is 2. The van der Waals surface area contributed by atoms with Gasteiger partial charge in [0, 0.05) is 24.9 Å². The van der Waals surface area contributed by atoms with Crippen LogP contribution in [-0.4, -0.2) is 23.4 Å². The summed E-state index contributed by atoms with van der Waals surface area (Å²) in [6.07, 6.45) is 0.351. The van der Waals surface area contributed by atoms with Gasteiger partial charge in [0.2, 0.25) is 5.91 Å². The largest absolute Gasteiger partial charge is 0.508 e. The van der Waals surface area contributed by atoms with Crippen molar-refractivity contribution >= 4 is 23.2 Å². The van der Waals surface area contributed by atoms with E-state index < -0.39 is 5.82 Å². The molecule has 0 bridgehead atoms. The molecule has 0 aromatic heterocycles. The average molecular weight is 244 g/mol. The number of carbonyl (C=O) groups is 1. The summed E-state index contributed by atoms with van der Waals surface area (Å²) in [5.41, 5.74) is 0.204. The van der Waals surface area contributed by atoms with Crippen LogP contribution in [0.25, 0.3) is 0 Å². The van der Waals surface area contributed by atoms with Gasteiger partial charge in [-0.05, 0) is 18.1 Å². The number of phenols is 1. The topological polar surface area (TPSA) is 40.5 Å². The first kappa shape index (κ1) is 11.2. The molecule has 1 saturated heterocycles. The van der Waals surface area contributed by atoms with Crippen molar-refractivity contribution in [3.05, 3.63) is 24.0 Å². The Kier molecular flexibility index (Phi) is 3.01. The first-order valence-corrected chi connectivity index (χ1v) is 5.50. The summed E-state index contributed by atoms with van der Waals surface area (Å²) in [7, 11) is 0. The fourth-order valence-electron chi connectivity index (χ4n) is 1.83. The molecular weight excluding hydrogens is 233 g/mol. The monoisotopic (exact) mass is 243 g/mol. The molecular formula is C11H11ClFNO2. The Balaban J connectivity index is 2.28. The van der Waals surface area contributed by atoms with Crippen molar-refractivity contribution in [1.29, 1.82) is 0 Å². The highest BCUT2D eigenvalue weighted by Gasteiger charge is 2.31. The van der Waals surface area contributed by atoms with Gasteiger partial charge >= 0.3 is 0 Å². The van der Waals surface area contributed by atoms with Gasteiger partial charge < -0.3 is 10.0 Å². The Hall–Kier alpha value is -1.29. The van der Waals surface area contributed by atoms with E-state index in [1.807, 2.05) is 0 Å². The molecule has 1 aliphatic rings. The highest BCUT2D eigenvalue weighted by atomic mass is 35.5. The number of benzene rings is 1. The van der Waals surface area contributed by atoms with Crippen LogP contribution in [0.5, 0.6) is 5.75 Å². The fourth-order valence-corrected chi connectivity index (χ4v) is 2.04. The molecule has 1 aromatic carbocycles. The normalized spacial score (nSPS) is 20.5. The van der Waals surface area contributed by atoms with Crippen molar-refractivity contribution in [3.63, 3.8) is 0 Å². The lowest BCUT2D eigenvalue weighted by molar-refractivity contribution is -0.117. The van der Waals surface area contributed by atoms with Crippen LogP contribution in [0.15, 0.2) is 18.2 Å². The molecule has 86 valence electrons. The van der Waals surface area contributed by atoms with Gasteiger partial charge in [0.1, 0.15) is 5.75 Å². The van der Waals surface area contributed by atoms with E-state index in [0.29, 0.717) is 18.8 Å². The molecule has 5 heteroatoms. The fraction of sp³-hybridized carbons (Fsp3) is 0.364. The Morgan fingerprint density at radius 2 is 2.31 bits per heavy atom. The van der Waals surface area contributed by atoms with Gasteiger partial charge in [-0.3, -0.25) is 4.79 Å². The van der Waals surface area contributed by atoms with Crippen LogP contribution in [0.4, 0.5) is 10.1 Å². The van der Waals surface area contributed by atoms with Crippen molar-refractivity contribution < 1.29 is 14.3 Å². The van der Waals surface area contributed by atoms with Gasteiger partial charge in [0.05, 0.1) is 5.69 Å². The summed E-state index contributed by atoms with van der Waals surface area (Å²) >= 11 is 5.68. The Morgan fingerprint density at radius 3 is 2.88 bits per heavy atom. The van der Waals surface area contributed by atoms with E-state index in [1.54, 1.807) is 0 Å². The summed E-state index contributed by atoms with van der Waals surface area (Å²) in [4.78, 5) is 13.0. The predicted octanol–water partition coefficient (Wildman–Crippen LogP) is 2.12. The van der Waals surface area contributed by atoms with Crippen molar-refractivity contribution in [3.8, 4) is 5.75 Å². The summed E-state index contributed by atoms with van der Waals surface area (Å²) in [5.74, 6) is -0.412. The molecule has 1 heterocycles. The average Bonchev–Trinajstić information content (AvgIpc) is 2.60. The first-order chi connectivity index (χ1) is 7.61. The third-order valence-corrected chi connectivity index (χ3v) is 3.08. The van der Waals surface area contributed by atoms with Gasteiger partial charge in [-0.2, -0.15) is 0 Å². The smallest absolute Gasteiger partial charge is 0.227 e. The van der Waals surface area contributed by atoms with Crippen molar-refractivity contribution in [2.45, 2.75) is 6.42 Å². The Labute approximate surface area is 97.4 Å². The number of amides is 1. The minimum absolute atomic E-state index is 0.0716. The summed E-state index contributed by atoms with van der Waals surface area (Å²) < 4.78 is 13.5. The molecule has 1 atom stereocenters. The maximum Gasteiger partial charge on any atom is 0.227 e. The summed E-state index contributed by atoms with van der Waals surface area (Å²) in [5, 5.41) is 9.08. The number of nitrogens with zero attached hydrogens (tertiary/aromatic N) is 1. The molecule has 1 N–H and O–H groups in total. The van der Waals surface area contributed by atoms with Crippen molar-refractivity contribution in [2.24, 2.45) is 5.92 Å². The van der Waals surface area contributed by atoms with Crippen LogP contribution in [-0.2, 0) is 4.79 Å². The molecule has 1 fully saturated rings. The van der Waals surface area contributed by atoms with Crippen LogP contribution in [0.2, 0.25) is 0 Å². The van der Waals surface area contributed by atoms with E-state index in [2.05, 4.69) is 0 Å². The molecule has 2 rings (SSSR count). The molecule has 1 aliphatic heterocycles. The van der Waals surface area contributed by atoms with Crippen LogP contribution in [0.3, 0.4) is 0 Å². The third kappa shape index (κ3) is 1.97. The molecule has 0 aliphatic carbocycles. The predicted molar refractivity (Wildman–Crippen MR) is 59.2 cm³/mol. The first-order valence-electron chi connectivity index (χ1n) is 4.96. The Morgan fingerprint density at radius 1 is 1.56 bits per heavy atom. The zero-order chi connectivity index (χ0) is 11.7. The molecule has 1 aromatic rings. The second-order valence-corrected chi connectivity index (χ2v) is 4.17. The van der Waals surface area contributed by atoms with Gasteiger partial charge in [-0.1, -0.05) is 0 Å². The van der Waals surface area contributed by atoms with E-state index in [0.717, 1.165) is 6.07 Å². The van der Waals surface area contributed by atoms with E-state index in [4.69, 9.17) is 16.7 Å². The van der Waals surface area contributed by atoms with Gasteiger partial charge in [-0.25, -0.2) is 4.39 Å².